The van der Waals surface area contributed by atoms with Crippen LogP contribution in [0.1, 0.15) is 5.56 Å². The molecule has 0 bridgehead atoms. The highest BCUT2D eigenvalue weighted by Gasteiger charge is 2.38. The molecule has 1 N–H and O–H groups in total. The number of amides is 2. The van der Waals surface area contributed by atoms with Gasteiger partial charge in [-0.05, 0) is 23.8 Å². The first-order valence-electron chi connectivity index (χ1n) is 6.99. The maximum absolute atomic E-state index is 13.9. The summed E-state index contributed by atoms with van der Waals surface area (Å²) < 4.78 is 13.9. The minimum absolute atomic E-state index is 0.00950. The Bertz CT molecular complexity index is 853. The van der Waals surface area contributed by atoms with E-state index < -0.39 is 17.6 Å². The fraction of sp³-hybridized carbons (Fsp3) is 0.0588. The summed E-state index contributed by atoms with van der Waals surface area (Å²) in [5, 5.41) is 2.53. The second-order valence-electron chi connectivity index (χ2n) is 5.12. The predicted octanol–water partition coefficient (Wildman–Crippen LogP) is 3.91. The van der Waals surface area contributed by atoms with Gasteiger partial charge in [-0.1, -0.05) is 53.5 Å². The number of carbonyl (C=O) groups excluding carboxylic acids is 2. The number of rotatable bonds is 4. The van der Waals surface area contributed by atoms with Crippen LogP contribution in [0, 0.1) is 5.82 Å². The van der Waals surface area contributed by atoms with Gasteiger partial charge in [-0.15, -0.1) is 0 Å². The molecule has 1 aliphatic rings. The third-order valence-corrected chi connectivity index (χ3v) is 4.07. The number of imide groups is 1. The lowest BCUT2D eigenvalue weighted by Crippen LogP contribution is -2.31. The van der Waals surface area contributed by atoms with Gasteiger partial charge < -0.3 is 5.32 Å². The molecule has 0 unspecified atom stereocenters. The van der Waals surface area contributed by atoms with E-state index in [0.717, 1.165) is 16.5 Å². The summed E-state index contributed by atoms with van der Waals surface area (Å²) in [6, 6.07) is 12.9. The molecule has 0 saturated heterocycles. The SMILES string of the molecule is O=C1C(Cl)=C(Nc2ccc(Cl)cc2F)C(=O)N1Cc1ccccc1. The van der Waals surface area contributed by atoms with Crippen LogP contribution in [0.4, 0.5) is 10.1 Å². The van der Waals surface area contributed by atoms with Gasteiger partial charge in [-0.3, -0.25) is 14.5 Å². The van der Waals surface area contributed by atoms with Crippen molar-refractivity contribution in [2.45, 2.75) is 6.54 Å². The molecule has 1 aliphatic heterocycles. The van der Waals surface area contributed by atoms with Crippen molar-refractivity contribution in [1.29, 1.82) is 0 Å². The van der Waals surface area contributed by atoms with Crippen LogP contribution >= 0.6 is 23.2 Å². The van der Waals surface area contributed by atoms with Crippen LogP contribution in [-0.4, -0.2) is 16.7 Å². The normalized spacial score (nSPS) is 14.5. The predicted molar refractivity (Wildman–Crippen MR) is 89.9 cm³/mol. The van der Waals surface area contributed by atoms with Crippen molar-refractivity contribution in [3.05, 3.63) is 75.7 Å². The lowest BCUT2D eigenvalue weighted by Gasteiger charge is -2.15. The van der Waals surface area contributed by atoms with Crippen LogP contribution in [-0.2, 0) is 16.1 Å². The number of carbonyl (C=O) groups is 2. The molecule has 1 heterocycles. The first kappa shape index (κ1) is 16.5. The average Bonchev–Trinajstić information content (AvgIpc) is 2.76. The Morgan fingerprint density at radius 1 is 1.00 bits per heavy atom. The van der Waals surface area contributed by atoms with E-state index in [1.807, 2.05) is 6.07 Å². The minimum Gasteiger partial charge on any atom is -0.347 e. The quantitative estimate of drug-likeness (QED) is 0.836. The third-order valence-electron chi connectivity index (χ3n) is 3.49. The molecular formula is C17H11Cl2FN2O2. The van der Waals surface area contributed by atoms with Crippen molar-refractivity contribution in [2.24, 2.45) is 0 Å². The van der Waals surface area contributed by atoms with Crippen molar-refractivity contribution >= 4 is 40.7 Å². The zero-order chi connectivity index (χ0) is 17.3. The Morgan fingerprint density at radius 3 is 2.38 bits per heavy atom. The smallest absolute Gasteiger partial charge is 0.279 e. The molecule has 0 aliphatic carbocycles. The second kappa shape index (κ2) is 6.63. The zero-order valence-electron chi connectivity index (χ0n) is 12.2. The Kier molecular flexibility index (Phi) is 4.55. The van der Waals surface area contributed by atoms with Crippen LogP contribution in [0.5, 0.6) is 0 Å². The van der Waals surface area contributed by atoms with Gasteiger partial charge in [-0.2, -0.15) is 0 Å². The van der Waals surface area contributed by atoms with E-state index in [-0.39, 0.29) is 28.0 Å². The van der Waals surface area contributed by atoms with Gasteiger partial charge in [0.15, 0.2) is 0 Å². The molecule has 0 radical (unpaired) electrons. The van der Waals surface area contributed by atoms with Crippen molar-refractivity contribution in [1.82, 2.24) is 4.90 Å². The topological polar surface area (TPSA) is 49.4 Å². The van der Waals surface area contributed by atoms with Crippen LogP contribution in [0.15, 0.2) is 59.3 Å². The summed E-state index contributed by atoms with van der Waals surface area (Å²) in [5.74, 6) is -1.88. The summed E-state index contributed by atoms with van der Waals surface area (Å²) in [7, 11) is 0. The number of hydrogen-bond acceptors (Lipinski definition) is 3. The first-order valence-corrected chi connectivity index (χ1v) is 7.75. The van der Waals surface area contributed by atoms with Gasteiger partial charge in [0.1, 0.15) is 16.5 Å². The van der Waals surface area contributed by atoms with E-state index in [0.29, 0.717) is 0 Å². The number of nitrogens with one attached hydrogen (secondary N) is 1. The van der Waals surface area contributed by atoms with Gasteiger partial charge in [0.05, 0.1) is 12.2 Å². The minimum atomic E-state index is -0.652. The maximum Gasteiger partial charge on any atom is 0.279 e. The van der Waals surface area contributed by atoms with E-state index in [4.69, 9.17) is 23.2 Å². The van der Waals surface area contributed by atoms with Crippen molar-refractivity contribution in [3.63, 3.8) is 0 Å². The summed E-state index contributed by atoms with van der Waals surface area (Å²) in [4.78, 5) is 25.7. The molecule has 4 nitrogen and oxygen atoms in total. The fourth-order valence-corrected chi connectivity index (χ4v) is 2.68. The molecule has 0 atom stereocenters. The summed E-state index contributed by atoms with van der Waals surface area (Å²) in [5.41, 5.74) is 0.636. The van der Waals surface area contributed by atoms with Crippen molar-refractivity contribution < 1.29 is 14.0 Å². The van der Waals surface area contributed by atoms with Gasteiger partial charge in [-0.25, -0.2) is 4.39 Å². The Morgan fingerprint density at radius 2 is 1.71 bits per heavy atom. The van der Waals surface area contributed by atoms with Gasteiger partial charge in [0.25, 0.3) is 11.8 Å². The van der Waals surface area contributed by atoms with E-state index in [2.05, 4.69) is 5.32 Å². The van der Waals surface area contributed by atoms with Crippen molar-refractivity contribution in [2.75, 3.05) is 5.32 Å². The molecule has 7 heteroatoms. The molecule has 0 aromatic heterocycles. The van der Waals surface area contributed by atoms with Gasteiger partial charge in [0, 0.05) is 5.02 Å². The number of benzene rings is 2. The van der Waals surface area contributed by atoms with Crippen LogP contribution in [0.2, 0.25) is 5.02 Å². The van der Waals surface area contributed by atoms with E-state index >= 15 is 0 Å². The lowest BCUT2D eigenvalue weighted by molar-refractivity contribution is -0.138. The molecule has 0 spiro atoms. The Balaban J connectivity index is 1.84. The third kappa shape index (κ3) is 3.13. The summed E-state index contributed by atoms with van der Waals surface area (Å²) >= 11 is 11.7. The molecule has 2 aromatic rings. The zero-order valence-corrected chi connectivity index (χ0v) is 13.7. The number of nitrogens with zero attached hydrogens (tertiary/aromatic N) is 1. The van der Waals surface area contributed by atoms with E-state index in [1.165, 1.54) is 12.1 Å². The van der Waals surface area contributed by atoms with Gasteiger partial charge in [0.2, 0.25) is 0 Å². The molecular weight excluding hydrogens is 354 g/mol. The maximum atomic E-state index is 13.9. The molecule has 122 valence electrons. The monoisotopic (exact) mass is 364 g/mol. The highest BCUT2D eigenvalue weighted by atomic mass is 35.5. The van der Waals surface area contributed by atoms with Crippen LogP contribution in [0.3, 0.4) is 0 Å². The van der Waals surface area contributed by atoms with Gasteiger partial charge >= 0.3 is 0 Å². The highest BCUT2D eigenvalue weighted by Crippen LogP contribution is 2.28. The van der Waals surface area contributed by atoms with Crippen molar-refractivity contribution in [3.8, 4) is 0 Å². The number of hydrogen-bond donors (Lipinski definition) is 1. The second-order valence-corrected chi connectivity index (χ2v) is 5.93. The molecule has 2 aromatic carbocycles. The fourth-order valence-electron chi connectivity index (χ4n) is 2.29. The highest BCUT2D eigenvalue weighted by molar-refractivity contribution is 6.48. The molecule has 0 fully saturated rings. The Labute approximate surface area is 147 Å². The lowest BCUT2D eigenvalue weighted by atomic mass is 10.2. The molecule has 24 heavy (non-hydrogen) atoms. The average molecular weight is 365 g/mol. The van der Waals surface area contributed by atoms with Crippen LogP contribution < -0.4 is 5.32 Å². The Hall–Kier alpha value is -2.37. The van der Waals surface area contributed by atoms with Crippen LogP contribution in [0.25, 0.3) is 0 Å². The first-order chi connectivity index (χ1) is 11.5. The summed E-state index contributed by atoms with van der Waals surface area (Å²) in [6.45, 7) is 0.0863. The number of anilines is 1. The number of halogens is 3. The standard InChI is InChI=1S/C17H11Cl2FN2O2/c18-11-6-7-13(12(20)8-11)21-15-14(19)16(23)22(17(15)24)9-10-4-2-1-3-5-10/h1-8,21H,9H2. The molecule has 0 saturated carbocycles. The molecule has 3 rings (SSSR count). The van der Waals surface area contributed by atoms with E-state index in [1.54, 1.807) is 24.3 Å². The summed E-state index contributed by atoms with van der Waals surface area (Å²) in [6.07, 6.45) is 0. The largest absolute Gasteiger partial charge is 0.347 e. The molecule has 2 amide bonds. The van der Waals surface area contributed by atoms with E-state index in [9.17, 15) is 14.0 Å².